The summed E-state index contributed by atoms with van der Waals surface area (Å²) < 4.78 is 7.83. The van der Waals surface area contributed by atoms with Crippen LogP contribution in [0.15, 0.2) is 42.5 Å². The number of fused-ring (bicyclic) bond motifs is 6. The summed E-state index contributed by atoms with van der Waals surface area (Å²) in [5.74, 6) is 0.677. The number of likely N-dealkylation sites (N-methyl/N-ethyl adjacent to an activating group) is 1. The van der Waals surface area contributed by atoms with Crippen LogP contribution in [0.4, 0.5) is 0 Å². The first-order chi connectivity index (χ1) is 14.0. The fourth-order valence-corrected chi connectivity index (χ4v) is 4.83. The number of thiocarbonyl (C=S) groups is 1. The molecule has 2 aromatic carbocycles. The van der Waals surface area contributed by atoms with Crippen LogP contribution in [0, 0.1) is 6.92 Å². The highest BCUT2D eigenvalue weighted by Gasteiger charge is 2.43. The number of methoxy groups -OCH3 is 1. The van der Waals surface area contributed by atoms with Gasteiger partial charge >= 0.3 is 0 Å². The minimum Gasteiger partial charge on any atom is -0.497 e. The lowest BCUT2D eigenvalue weighted by atomic mass is 9.89. The number of aromatic nitrogens is 1. The van der Waals surface area contributed by atoms with Gasteiger partial charge in [0.25, 0.3) is 0 Å². The van der Waals surface area contributed by atoms with Crippen LogP contribution in [0.1, 0.15) is 28.3 Å². The second-order valence-electron chi connectivity index (χ2n) is 7.93. The largest absolute Gasteiger partial charge is 0.497 e. The molecular weight excluding hydrogens is 382 g/mol. The van der Waals surface area contributed by atoms with Crippen molar-refractivity contribution in [1.82, 2.24) is 14.4 Å². The van der Waals surface area contributed by atoms with E-state index in [2.05, 4.69) is 52.8 Å². The average Bonchev–Trinajstić information content (AvgIpc) is 3.04. The molecule has 2 aliphatic heterocycles. The molecule has 3 aromatic rings. The predicted molar refractivity (Wildman–Crippen MR) is 117 cm³/mol. The van der Waals surface area contributed by atoms with Crippen LogP contribution in [-0.4, -0.2) is 46.1 Å². The van der Waals surface area contributed by atoms with Gasteiger partial charge in [-0.15, -0.1) is 0 Å². The van der Waals surface area contributed by atoms with Gasteiger partial charge in [-0.1, -0.05) is 29.8 Å². The van der Waals surface area contributed by atoms with Crippen molar-refractivity contribution in [1.29, 1.82) is 0 Å². The monoisotopic (exact) mass is 405 g/mol. The van der Waals surface area contributed by atoms with E-state index in [4.69, 9.17) is 17.0 Å². The van der Waals surface area contributed by atoms with E-state index >= 15 is 0 Å². The van der Waals surface area contributed by atoms with Crippen LogP contribution in [0.5, 0.6) is 5.75 Å². The van der Waals surface area contributed by atoms with Crippen molar-refractivity contribution in [3.8, 4) is 5.75 Å². The normalized spacial score (nSPS) is 18.4. The summed E-state index contributed by atoms with van der Waals surface area (Å²) in [5.41, 5.74) is 5.92. The van der Waals surface area contributed by atoms with Gasteiger partial charge in [0, 0.05) is 36.7 Å². The van der Waals surface area contributed by atoms with E-state index in [9.17, 15) is 4.79 Å². The van der Waals surface area contributed by atoms with Gasteiger partial charge in [-0.25, -0.2) is 0 Å². The maximum absolute atomic E-state index is 13.1. The number of carbonyl (C=O) groups excluding carboxylic acids is 1. The average molecular weight is 406 g/mol. The van der Waals surface area contributed by atoms with Gasteiger partial charge in [0.15, 0.2) is 5.11 Å². The first kappa shape index (κ1) is 18.2. The summed E-state index contributed by atoms with van der Waals surface area (Å²) in [6.45, 7) is 4.22. The third-order valence-electron chi connectivity index (χ3n) is 6.16. The molecular formula is C23H23N3O2S. The molecule has 0 spiro atoms. The van der Waals surface area contributed by atoms with Crippen molar-refractivity contribution in [2.45, 2.75) is 25.9 Å². The van der Waals surface area contributed by atoms with E-state index in [1.54, 1.807) is 19.1 Å². The molecule has 0 radical (unpaired) electrons. The second kappa shape index (κ2) is 6.59. The number of rotatable bonds is 3. The molecule has 1 amide bonds. The highest BCUT2D eigenvalue weighted by molar-refractivity contribution is 7.80. The van der Waals surface area contributed by atoms with Crippen molar-refractivity contribution in [3.63, 3.8) is 0 Å². The van der Waals surface area contributed by atoms with Crippen molar-refractivity contribution < 1.29 is 9.53 Å². The van der Waals surface area contributed by atoms with Gasteiger partial charge in [-0.3, -0.25) is 9.69 Å². The lowest BCUT2D eigenvalue weighted by Crippen LogP contribution is -2.56. The fourth-order valence-electron chi connectivity index (χ4n) is 4.60. The Kier molecular flexibility index (Phi) is 4.13. The molecule has 1 saturated heterocycles. The topological polar surface area (TPSA) is 37.7 Å². The number of hydrogen-bond donors (Lipinski definition) is 0. The zero-order valence-electron chi connectivity index (χ0n) is 16.8. The van der Waals surface area contributed by atoms with Gasteiger partial charge in [-0.05, 0) is 48.5 Å². The van der Waals surface area contributed by atoms with Crippen LogP contribution < -0.4 is 4.74 Å². The van der Waals surface area contributed by atoms with E-state index in [1.807, 2.05) is 6.07 Å². The van der Waals surface area contributed by atoms with Crippen molar-refractivity contribution in [3.05, 3.63) is 64.8 Å². The summed E-state index contributed by atoms with van der Waals surface area (Å²) in [6.07, 6.45) is 0. The Balaban J connectivity index is 1.73. The maximum atomic E-state index is 13.1. The molecule has 1 aromatic heterocycles. The van der Waals surface area contributed by atoms with Crippen molar-refractivity contribution >= 4 is 34.1 Å². The highest BCUT2D eigenvalue weighted by atomic mass is 32.1. The molecule has 1 atom stereocenters. The molecule has 3 heterocycles. The Labute approximate surface area is 175 Å². The minimum absolute atomic E-state index is 0.0735. The first-order valence-corrected chi connectivity index (χ1v) is 10.2. The number of amides is 1. The lowest BCUT2D eigenvalue weighted by molar-refractivity contribution is -0.130. The van der Waals surface area contributed by atoms with Crippen LogP contribution in [0.3, 0.4) is 0 Å². The third kappa shape index (κ3) is 2.74. The standard InChI is InChI=1S/C23H23N3O2S/c1-14-4-6-15(7-5-14)11-26-19-9-8-16(28-3)10-17(19)21-18-12-25(13-20(21)26)23(29)24(2)22(18)27/h4-10,18H,11-13H2,1-3H3. The molecule has 1 fully saturated rings. The molecule has 2 bridgehead atoms. The Morgan fingerprint density at radius 3 is 2.66 bits per heavy atom. The van der Waals surface area contributed by atoms with E-state index in [1.165, 1.54) is 16.8 Å². The Bertz CT molecular complexity index is 1150. The van der Waals surface area contributed by atoms with E-state index in [-0.39, 0.29) is 11.8 Å². The SMILES string of the molecule is COc1ccc2c(c1)c1c(n2Cc2ccc(C)cc2)CN2CC1C(=O)N(C)C2=S. The van der Waals surface area contributed by atoms with Gasteiger partial charge in [-0.2, -0.15) is 0 Å². The summed E-state index contributed by atoms with van der Waals surface area (Å²) in [7, 11) is 3.46. The number of ether oxygens (including phenoxy) is 1. The first-order valence-electron chi connectivity index (χ1n) is 9.79. The maximum Gasteiger partial charge on any atom is 0.237 e. The van der Waals surface area contributed by atoms with Crippen molar-refractivity contribution in [2.75, 3.05) is 20.7 Å². The van der Waals surface area contributed by atoms with Crippen LogP contribution >= 0.6 is 12.2 Å². The molecule has 2 aliphatic rings. The number of nitrogens with zero attached hydrogens (tertiary/aromatic N) is 3. The number of hydrogen-bond acceptors (Lipinski definition) is 3. The summed E-state index contributed by atoms with van der Waals surface area (Å²) in [5, 5.41) is 1.72. The van der Waals surface area contributed by atoms with Gasteiger partial charge in [0.1, 0.15) is 5.75 Å². The van der Waals surface area contributed by atoms with Crippen LogP contribution in [-0.2, 0) is 17.9 Å². The van der Waals surface area contributed by atoms with E-state index in [0.717, 1.165) is 28.8 Å². The molecule has 148 valence electrons. The molecule has 6 heteroatoms. The fraction of sp³-hybridized carbons (Fsp3) is 0.304. The number of benzene rings is 2. The number of aryl methyl sites for hydroxylation is 1. The van der Waals surface area contributed by atoms with E-state index < -0.39 is 0 Å². The van der Waals surface area contributed by atoms with Gasteiger partial charge in [0.2, 0.25) is 5.91 Å². The highest BCUT2D eigenvalue weighted by Crippen LogP contribution is 2.41. The summed E-state index contributed by atoms with van der Waals surface area (Å²) >= 11 is 5.55. The van der Waals surface area contributed by atoms with Gasteiger partial charge < -0.3 is 14.2 Å². The molecule has 5 nitrogen and oxygen atoms in total. The van der Waals surface area contributed by atoms with Crippen molar-refractivity contribution in [2.24, 2.45) is 0 Å². The molecule has 5 rings (SSSR count). The van der Waals surface area contributed by atoms with Crippen LogP contribution in [0.2, 0.25) is 0 Å². The zero-order valence-corrected chi connectivity index (χ0v) is 17.6. The summed E-state index contributed by atoms with van der Waals surface area (Å²) in [6, 6.07) is 14.8. The predicted octanol–water partition coefficient (Wildman–Crippen LogP) is 3.66. The minimum atomic E-state index is -0.204. The Morgan fingerprint density at radius 2 is 1.93 bits per heavy atom. The Hall–Kier alpha value is -2.86. The number of carbonyl (C=O) groups is 1. The zero-order chi connectivity index (χ0) is 20.3. The van der Waals surface area contributed by atoms with Gasteiger partial charge in [0.05, 0.1) is 19.6 Å². The molecule has 1 unspecified atom stereocenters. The smallest absolute Gasteiger partial charge is 0.237 e. The van der Waals surface area contributed by atoms with E-state index in [0.29, 0.717) is 18.2 Å². The lowest BCUT2D eigenvalue weighted by Gasteiger charge is -2.43. The quantitative estimate of drug-likeness (QED) is 0.624. The van der Waals surface area contributed by atoms with Crippen LogP contribution in [0.25, 0.3) is 10.9 Å². The molecule has 0 aliphatic carbocycles. The summed E-state index contributed by atoms with van der Waals surface area (Å²) in [4.78, 5) is 16.8. The molecule has 29 heavy (non-hydrogen) atoms. The Morgan fingerprint density at radius 1 is 1.17 bits per heavy atom. The second-order valence-corrected chi connectivity index (χ2v) is 8.29. The third-order valence-corrected chi connectivity index (χ3v) is 6.69. The molecule has 0 N–H and O–H groups in total. The molecule has 0 saturated carbocycles.